The van der Waals surface area contributed by atoms with Crippen LogP contribution in [0.3, 0.4) is 0 Å². The van der Waals surface area contributed by atoms with E-state index in [0.717, 1.165) is 5.56 Å². The third-order valence-electron chi connectivity index (χ3n) is 3.59. The summed E-state index contributed by atoms with van der Waals surface area (Å²) >= 11 is 0. The van der Waals surface area contributed by atoms with E-state index < -0.39 is 6.04 Å². The second-order valence-corrected chi connectivity index (χ2v) is 6.19. The lowest BCUT2D eigenvalue weighted by Gasteiger charge is -2.23. The van der Waals surface area contributed by atoms with E-state index in [1.54, 1.807) is 0 Å². The summed E-state index contributed by atoms with van der Waals surface area (Å²) in [7, 11) is 0. The zero-order chi connectivity index (χ0) is 16.7. The SMILES string of the molecule is CC(C)C(NC(=O)CNC(=O)[C@@H](N)C(C)C)c1ccccc1.Cl. The molecule has 0 saturated heterocycles. The lowest BCUT2D eigenvalue weighted by Crippen LogP contribution is -2.47. The third kappa shape index (κ3) is 7.01. The van der Waals surface area contributed by atoms with Crippen molar-refractivity contribution < 1.29 is 9.59 Å². The Bertz CT molecular complexity index is 492. The van der Waals surface area contributed by atoms with Crippen LogP contribution in [0.25, 0.3) is 0 Å². The van der Waals surface area contributed by atoms with Gasteiger partial charge in [0.05, 0.1) is 18.6 Å². The Morgan fingerprint density at radius 1 is 1.04 bits per heavy atom. The second kappa shape index (κ2) is 10.2. The van der Waals surface area contributed by atoms with E-state index in [4.69, 9.17) is 5.73 Å². The predicted molar refractivity (Wildman–Crippen MR) is 95.2 cm³/mol. The molecule has 0 radical (unpaired) electrons. The summed E-state index contributed by atoms with van der Waals surface area (Å²) in [5, 5.41) is 5.55. The van der Waals surface area contributed by atoms with Crippen molar-refractivity contribution in [3.05, 3.63) is 35.9 Å². The molecule has 1 aromatic carbocycles. The Morgan fingerprint density at radius 3 is 2.09 bits per heavy atom. The maximum atomic E-state index is 12.1. The van der Waals surface area contributed by atoms with Crippen LogP contribution >= 0.6 is 12.4 Å². The van der Waals surface area contributed by atoms with Gasteiger partial charge in [0.1, 0.15) is 0 Å². The van der Waals surface area contributed by atoms with Gasteiger partial charge in [0.2, 0.25) is 11.8 Å². The van der Waals surface area contributed by atoms with Gasteiger partial charge in [0.25, 0.3) is 0 Å². The van der Waals surface area contributed by atoms with Crippen molar-refractivity contribution in [2.45, 2.75) is 39.8 Å². The van der Waals surface area contributed by atoms with Crippen LogP contribution in [0.5, 0.6) is 0 Å². The minimum atomic E-state index is -0.595. The van der Waals surface area contributed by atoms with Crippen LogP contribution in [-0.4, -0.2) is 24.4 Å². The number of carbonyl (C=O) groups excluding carboxylic acids is 2. The number of rotatable bonds is 7. The molecule has 2 atom stereocenters. The standard InChI is InChI=1S/C17H27N3O2.ClH/c1-11(2)15(18)17(22)19-10-14(21)20-16(12(3)4)13-8-6-5-7-9-13;/h5-9,11-12,15-16H,10,18H2,1-4H3,(H,19,22)(H,20,21);1H/t15-,16?;/m0./s1. The zero-order valence-corrected chi connectivity index (χ0v) is 15.0. The van der Waals surface area contributed by atoms with Gasteiger partial charge in [-0.05, 0) is 17.4 Å². The van der Waals surface area contributed by atoms with E-state index in [9.17, 15) is 9.59 Å². The third-order valence-corrected chi connectivity index (χ3v) is 3.59. The molecule has 23 heavy (non-hydrogen) atoms. The first-order chi connectivity index (χ1) is 10.3. The number of halogens is 1. The first-order valence-corrected chi connectivity index (χ1v) is 7.70. The number of hydrogen-bond donors (Lipinski definition) is 3. The van der Waals surface area contributed by atoms with Crippen molar-refractivity contribution in [2.24, 2.45) is 17.6 Å². The van der Waals surface area contributed by atoms with Crippen LogP contribution in [0.15, 0.2) is 30.3 Å². The lowest BCUT2D eigenvalue weighted by molar-refractivity contribution is -0.127. The number of nitrogens with two attached hydrogens (primary N) is 1. The van der Waals surface area contributed by atoms with E-state index in [2.05, 4.69) is 10.6 Å². The molecule has 0 aromatic heterocycles. The summed E-state index contributed by atoms with van der Waals surface area (Å²) in [4.78, 5) is 23.8. The molecule has 0 fully saturated rings. The minimum absolute atomic E-state index is 0. The molecule has 2 amide bonds. The van der Waals surface area contributed by atoms with Crippen molar-refractivity contribution in [1.29, 1.82) is 0 Å². The summed E-state index contributed by atoms with van der Waals surface area (Å²) in [6, 6.07) is 9.12. The molecule has 0 spiro atoms. The highest BCUT2D eigenvalue weighted by Crippen LogP contribution is 2.20. The molecule has 1 unspecified atom stereocenters. The van der Waals surface area contributed by atoms with E-state index >= 15 is 0 Å². The van der Waals surface area contributed by atoms with E-state index in [-0.39, 0.29) is 48.6 Å². The topological polar surface area (TPSA) is 84.2 Å². The Labute approximate surface area is 144 Å². The number of carbonyl (C=O) groups is 2. The molecular weight excluding hydrogens is 314 g/mol. The van der Waals surface area contributed by atoms with Crippen LogP contribution in [0.2, 0.25) is 0 Å². The molecule has 130 valence electrons. The van der Waals surface area contributed by atoms with E-state index in [1.165, 1.54) is 0 Å². The molecule has 0 bridgehead atoms. The van der Waals surface area contributed by atoms with Crippen LogP contribution in [0.4, 0.5) is 0 Å². The minimum Gasteiger partial charge on any atom is -0.348 e. The van der Waals surface area contributed by atoms with Crippen molar-refractivity contribution in [3.63, 3.8) is 0 Å². The molecule has 4 N–H and O–H groups in total. The van der Waals surface area contributed by atoms with Crippen LogP contribution in [-0.2, 0) is 9.59 Å². The number of hydrogen-bond acceptors (Lipinski definition) is 3. The van der Waals surface area contributed by atoms with Gasteiger partial charge in [-0.1, -0.05) is 58.0 Å². The molecule has 0 aliphatic rings. The highest BCUT2D eigenvalue weighted by Gasteiger charge is 2.20. The fourth-order valence-corrected chi connectivity index (χ4v) is 2.11. The fourth-order valence-electron chi connectivity index (χ4n) is 2.11. The highest BCUT2D eigenvalue weighted by molar-refractivity contribution is 5.87. The number of nitrogens with one attached hydrogen (secondary N) is 2. The normalized spacial score (nSPS) is 13.2. The van der Waals surface area contributed by atoms with Gasteiger partial charge in [0, 0.05) is 0 Å². The summed E-state index contributed by atoms with van der Waals surface area (Å²) in [5.74, 6) is -0.228. The molecule has 5 nitrogen and oxygen atoms in total. The largest absolute Gasteiger partial charge is 0.348 e. The summed E-state index contributed by atoms with van der Waals surface area (Å²) in [6.07, 6.45) is 0. The average molecular weight is 342 g/mol. The lowest BCUT2D eigenvalue weighted by atomic mass is 9.96. The van der Waals surface area contributed by atoms with Gasteiger partial charge in [-0.25, -0.2) is 0 Å². The molecular formula is C17H28ClN3O2. The second-order valence-electron chi connectivity index (χ2n) is 6.19. The summed E-state index contributed by atoms with van der Waals surface area (Å²) < 4.78 is 0. The molecule has 6 heteroatoms. The highest BCUT2D eigenvalue weighted by atomic mass is 35.5. The van der Waals surface area contributed by atoms with Gasteiger partial charge in [-0.15, -0.1) is 12.4 Å². The summed E-state index contributed by atoms with van der Waals surface area (Å²) in [6.45, 7) is 7.77. The van der Waals surface area contributed by atoms with Crippen LogP contribution in [0.1, 0.15) is 39.3 Å². The van der Waals surface area contributed by atoms with Gasteiger partial charge in [0.15, 0.2) is 0 Å². The molecule has 0 saturated carbocycles. The van der Waals surface area contributed by atoms with Gasteiger partial charge >= 0.3 is 0 Å². The van der Waals surface area contributed by atoms with Gasteiger partial charge in [-0.3, -0.25) is 9.59 Å². The van der Waals surface area contributed by atoms with Gasteiger partial charge in [-0.2, -0.15) is 0 Å². The quantitative estimate of drug-likeness (QED) is 0.709. The first-order valence-electron chi connectivity index (χ1n) is 7.70. The smallest absolute Gasteiger partial charge is 0.239 e. The Morgan fingerprint density at radius 2 is 1.61 bits per heavy atom. The van der Waals surface area contributed by atoms with Gasteiger partial charge < -0.3 is 16.4 Å². The van der Waals surface area contributed by atoms with Crippen molar-refractivity contribution in [3.8, 4) is 0 Å². The van der Waals surface area contributed by atoms with Crippen molar-refractivity contribution in [2.75, 3.05) is 6.54 Å². The van der Waals surface area contributed by atoms with Crippen molar-refractivity contribution in [1.82, 2.24) is 10.6 Å². The van der Waals surface area contributed by atoms with Crippen LogP contribution < -0.4 is 16.4 Å². The molecule has 1 rings (SSSR count). The predicted octanol–water partition coefficient (Wildman–Crippen LogP) is 2.02. The molecule has 0 aliphatic heterocycles. The summed E-state index contributed by atoms with van der Waals surface area (Å²) in [5.41, 5.74) is 6.79. The van der Waals surface area contributed by atoms with E-state index in [0.29, 0.717) is 0 Å². The maximum Gasteiger partial charge on any atom is 0.239 e. The molecule has 0 heterocycles. The Hall–Kier alpha value is -1.59. The fraction of sp³-hybridized carbons (Fsp3) is 0.529. The average Bonchev–Trinajstić information content (AvgIpc) is 2.49. The monoisotopic (exact) mass is 341 g/mol. The van der Waals surface area contributed by atoms with E-state index in [1.807, 2.05) is 58.0 Å². The first kappa shape index (κ1) is 21.4. The molecule has 1 aromatic rings. The van der Waals surface area contributed by atoms with Crippen molar-refractivity contribution >= 4 is 24.2 Å². The Kier molecular flexibility index (Phi) is 9.53. The maximum absolute atomic E-state index is 12.1. The number of benzene rings is 1. The Balaban J connectivity index is 0.00000484. The van der Waals surface area contributed by atoms with Crippen LogP contribution in [0, 0.1) is 11.8 Å². The molecule has 0 aliphatic carbocycles. The zero-order valence-electron chi connectivity index (χ0n) is 14.2. The number of amides is 2.